The van der Waals surface area contributed by atoms with E-state index in [9.17, 15) is 13.2 Å². The molecule has 3 N–H and O–H groups in total. The molecule has 9 heteroatoms. The van der Waals surface area contributed by atoms with E-state index < -0.39 is 10.0 Å². The average molecular weight is 408 g/mol. The number of benzene rings is 1. The second-order valence-electron chi connectivity index (χ2n) is 7.06. The highest BCUT2D eigenvalue weighted by Crippen LogP contribution is 2.20. The molecule has 0 fully saturated rings. The highest BCUT2D eigenvalue weighted by atomic mass is 32.2. The van der Waals surface area contributed by atoms with Gasteiger partial charge in [-0.1, -0.05) is 12.1 Å². The lowest BCUT2D eigenvalue weighted by molar-refractivity contribution is -0.122. The molecule has 1 aromatic carbocycles. The highest BCUT2D eigenvalue weighted by molar-refractivity contribution is 7.89. The Balaban J connectivity index is 1.78. The summed E-state index contributed by atoms with van der Waals surface area (Å²) in [5, 5.41) is 12.4. The number of primary sulfonamides is 1. The third-order valence-electron chi connectivity index (χ3n) is 4.72. The summed E-state index contributed by atoms with van der Waals surface area (Å²) < 4.78 is 24.6. The Labute approximate surface area is 166 Å². The number of hydrogen-bond donors (Lipinski definition) is 2. The largest absolute Gasteiger partial charge is 0.355 e. The Morgan fingerprint density at radius 1 is 1.29 bits per heavy atom. The minimum atomic E-state index is -3.70. The van der Waals surface area contributed by atoms with Crippen molar-refractivity contribution in [2.45, 2.75) is 44.7 Å². The van der Waals surface area contributed by atoms with Gasteiger partial charge in [-0.25, -0.2) is 13.6 Å². The molecule has 0 aliphatic rings. The van der Waals surface area contributed by atoms with Gasteiger partial charge in [0.15, 0.2) is 0 Å². The van der Waals surface area contributed by atoms with E-state index in [2.05, 4.69) is 10.4 Å². The molecule has 0 saturated heterocycles. The zero-order valence-electron chi connectivity index (χ0n) is 16.8. The summed E-state index contributed by atoms with van der Waals surface area (Å²) in [5.74, 6) is -0.0520. The molecule has 0 aliphatic heterocycles. The van der Waals surface area contributed by atoms with E-state index in [1.54, 1.807) is 12.1 Å². The fourth-order valence-electron chi connectivity index (χ4n) is 2.97. The summed E-state index contributed by atoms with van der Waals surface area (Å²) in [7, 11) is -1.85. The van der Waals surface area contributed by atoms with E-state index >= 15 is 0 Å². The zero-order valence-corrected chi connectivity index (χ0v) is 17.7. The van der Waals surface area contributed by atoms with Crippen molar-refractivity contribution in [3.05, 3.63) is 47.3 Å². The summed E-state index contributed by atoms with van der Waals surface area (Å²) in [5.41, 5.74) is 3.02. The van der Waals surface area contributed by atoms with Crippen LogP contribution in [0.5, 0.6) is 0 Å². The maximum atomic E-state index is 12.2. The van der Waals surface area contributed by atoms with Gasteiger partial charge in [0, 0.05) is 24.8 Å². The molecule has 2 aromatic rings. The number of sulfonamides is 1. The second kappa shape index (κ2) is 9.31. The number of nitrogens with one attached hydrogen (secondary N) is 1. The number of likely N-dealkylation sites (N-methyl/N-ethyl adjacent to an activating group) is 1. The molecule has 2 rings (SSSR count). The van der Waals surface area contributed by atoms with Gasteiger partial charge in [0.25, 0.3) is 0 Å². The fourth-order valence-corrected chi connectivity index (χ4v) is 3.48. The first-order valence-corrected chi connectivity index (χ1v) is 10.7. The number of aryl methyl sites for hydroxylation is 3. The Bertz CT molecular complexity index is 906. The molecule has 1 amide bonds. The Morgan fingerprint density at radius 2 is 1.93 bits per heavy atom. The Kier molecular flexibility index (Phi) is 7.34. The number of nitrogens with two attached hydrogens (primary N) is 1. The van der Waals surface area contributed by atoms with Gasteiger partial charge in [-0.2, -0.15) is 5.10 Å². The van der Waals surface area contributed by atoms with Gasteiger partial charge in [0.2, 0.25) is 15.9 Å². The van der Waals surface area contributed by atoms with Crippen LogP contribution in [0.25, 0.3) is 0 Å². The zero-order chi connectivity index (χ0) is 20.9. The van der Waals surface area contributed by atoms with Crippen molar-refractivity contribution >= 4 is 15.9 Å². The average Bonchev–Trinajstić information content (AvgIpc) is 2.94. The van der Waals surface area contributed by atoms with E-state index in [1.165, 1.54) is 12.1 Å². The topological polar surface area (TPSA) is 110 Å². The van der Waals surface area contributed by atoms with Crippen molar-refractivity contribution in [1.82, 2.24) is 20.0 Å². The van der Waals surface area contributed by atoms with Crippen LogP contribution >= 0.6 is 0 Å². The molecule has 0 unspecified atom stereocenters. The van der Waals surface area contributed by atoms with Crippen molar-refractivity contribution in [2.24, 2.45) is 5.14 Å². The van der Waals surface area contributed by atoms with Gasteiger partial charge in [-0.05, 0) is 58.0 Å². The lowest BCUT2D eigenvalue weighted by Crippen LogP contribution is -2.37. The van der Waals surface area contributed by atoms with E-state index in [0.717, 1.165) is 29.9 Å². The summed E-state index contributed by atoms with van der Waals surface area (Å²) in [6.07, 6.45) is 0.808. The highest BCUT2D eigenvalue weighted by Gasteiger charge is 2.16. The van der Waals surface area contributed by atoms with Crippen LogP contribution in [-0.4, -0.2) is 49.1 Å². The standard InChI is InChI=1S/C19H29N5O3S/c1-14-12-15(2)24(22-14)11-5-10-21-19(25)13-23(4)16(3)17-6-8-18(9-7-17)28(20,26)27/h6-9,12,16H,5,10-11,13H2,1-4H3,(H,21,25)(H2,20,26,27)/t16-/m1/s1. The fraction of sp³-hybridized carbons (Fsp3) is 0.474. The normalized spacial score (nSPS) is 12.9. The van der Waals surface area contributed by atoms with Crippen LogP contribution in [0.2, 0.25) is 0 Å². The van der Waals surface area contributed by atoms with Crippen LogP contribution in [0.15, 0.2) is 35.2 Å². The second-order valence-corrected chi connectivity index (χ2v) is 8.62. The van der Waals surface area contributed by atoms with Crippen molar-refractivity contribution in [3.8, 4) is 0 Å². The molecule has 28 heavy (non-hydrogen) atoms. The molecule has 8 nitrogen and oxygen atoms in total. The summed E-state index contributed by atoms with van der Waals surface area (Å²) in [6.45, 7) is 7.54. The van der Waals surface area contributed by atoms with Crippen molar-refractivity contribution < 1.29 is 13.2 Å². The number of carbonyl (C=O) groups is 1. The van der Waals surface area contributed by atoms with Gasteiger partial charge in [0.05, 0.1) is 17.1 Å². The SMILES string of the molecule is Cc1cc(C)n(CCCNC(=O)CN(C)[C@H](C)c2ccc(S(N)(=O)=O)cc2)n1. The van der Waals surface area contributed by atoms with Gasteiger partial charge in [0.1, 0.15) is 0 Å². The van der Waals surface area contributed by atoms with Gasteiger partial charge in [-0.15, -0.1) is 0 Å². The van der Waals surface area contributed by atoms with Gasteiger partial charge in [-0.3, -0.25) is 14.4 Å². The quantitative estimate of drug-likeness (QED) is 0.610. The van der Waals surface area contributed by atoms with E-state index in [1.807, 2.05) is 43.5 Å². The third-order valence-corrected chi connectivity index (χ3v) is 5.65. The molecule has 1 atom stereocenters. The first-order valence-electron chi connectivity index (χ1n) is 9.18. The molecule has 154 valence electrons. The molecule has 0 bridgehead atoms. The smallest absolute Gasteiger partial charge is 0.238 e. The van der Waals surface area contributed by atoms with E-state index in [-0.39, 0.29) is 23.4 Å². The first kappa shape index (κ1) is 22.1. The number of rotatable bonds is 9. The molecule has 0 saturated carbocycles. The van der Waals surface area contributed by atoms with E-state index in [0.29, 0.717) is 6.54 Å². The minimum Gasteiger partial charge on any atom is -0.355 e. The van der Waals surface area contributed by atoms with Crippen LogP contribution in [0.3, 0.4) is 0 Å². The monoisotopic (exact) mass is 407 g/mol. The number of amides is 1. The predicted octanol–water partition coefficient (Wildman–Crippen LogP) is 1.35. The first-order chi connectivity index (χ1) is 13.1. The molecule has 0 spiro atoms. The number of nitrogens with zero attached hydrogens (tertiary/aromatic N) is 3. The summed E-state index contributed by atoms with van der Waals surface area (Å²) >= 11 is 0. The molecular weight excluding hydrogens is 378 g/mol. The van der Waals surface area contributed by atoms with Crippen LogP contribution in [0.4, 0.5) is 0 Å². The maximum absolute atomic E-state index is 12.2. The minimum absolute atomic E-state index is 0.0463. The van der Waals surface area contributed by atoms with Crippen molar-refractivity contribution in [1.29, 1.82) is 0 Å². The number of hydrogen-bond acceptors (Lipinski definition) is 5. The van der Waals surface area contributed by atoms with Crippen LogP contribution in [0.1, 0.15) is 36.3 Å². The van der Waals surface area contributed by atoms with Crippen LogP contribution < -0.4 is 10.5 Å². The van der Waals surface area contributed by atoms with Gasteiger partial charge >= 0.3 is 0 Å². The lowest BCUT2D eigenvalue weighted by atomic mass is 10.1. The maximum Gasteiger partial charge on any atom is 0.238 e. The van der Waals surface area contributed by atoms with Crippen molar-refractivity contribution in [2.75, 3.05) is 20.1 Å². The molecule has 1 aromatic heterocycles. The number of carbonyl (C=O) groups excluding carboxylic acids is 1. The third kappa shape index (κ3) is 6.15. The van der Waals surface area contributed by atoms with Gasteiger partial charge < -0.3 is 5.32 Å². The summed E-state index contributed by atoms with van der Waals surface area (Å²) in [6, 6.07) is 8.38. The number of aromatic nitrogens is 2. The van der Waals surface area contributed by atoms with Crippen LogP contribution in [-0.2, 0) is 21.4 Å². The Morgan fingerprint density at radius 3 is 2.46 bits per heavy atom. The Hall–Kier alpha value is -2.23. The molecule has 0 radical (unpaired) electrons. The molecular formula is C19H29N5O3S. The predicted molar refractivity (Wildman–Crippen MR) is 108 cm³/mol. The summed E-state index contributed by atoms with van der Waals surface area (Å²) in [4.78, 5) is 14.2. The van der Waals surface area contributed by atoms with Crippen molar-refractivity contribution in [3.63, 3.8) is 0 Å². The van der Waals surface area contributed by atoms with E-state index in [4.69, 9.17) is 5.14 Å². The van der Waals surface area contributed by atoms with Crippen LogP contribution in [0, 0.1) is 13.8 Å². The molecule has 1 heterocycles. The molecule has 0 aliphatic carbocycles. The lowest BCUT2D eigenvalue weighted by Gasteiger charge is -2.24.